The number of pyridine rings is 1. The molecule has 1 atom stereocenters. The number of fused-ring (bicyclic) bond motifs is 2. The number of hydrogen-bond acceptors (Lipinski definition) is 5. The van der Waals surface area contributed by atoms with Crippen molar-refractivity contribution in [3.05, 3.63) is 113 Å². The number of aromatic nitrogens is 3. The summed E-state index contributed by atoms with van der Waals surface area (Å²) in [6.07, 6.45) is 9.45. The highest BCUT2D eigenvalue weighted by atomic mass is 32.2. The zero-order valence-corrected chi connectivity index (χ0v) is 21.6. The Balaban J connectivity index is 1.23. The smallest absolute Gasteiger partial charge is 0.243 e. The van der Waals surface area contributed by atoms with Crippen LogP contribution >= 0.6 is 0 Å². The Kier molecular flexibility index (Phi) is 6.63. The number of nitrogens with zero attached hydrogens (tertiary/aromatic N) is 4. The fourth-order valence-corrected chi connectivity index (χ4v) is 7.04. The first-order valence-electron chi connectivity index (χ1n) is 12.9. The van der Waals surface area contributed by atoms with Gasteiger partial charge in [0.2, 0.25) is 10.0 Å². The number of aromatic amines is 1. The lowest BCUT2D eigenvalue weighted by Gasteiger charge is -2.34. The van der Waals surface area contributed by atoms with E-state index in [0.29, 0.717) is 31.1 Å². The average molecular weight is 514 g/mol. The van der Waals surface area contributed by atoms with Gasteiger partial charge in [0.15, 0.2) is 0 Å². The van der Waals surface area contributed by atoms with E-state index < -0.39 is 10.0 Å². The van der Waals surface area contributed by atoms with E-state index in [0.717, 1.165) is 48.3 Å². The van der Waals surface area contributed by atoms with Crippen LogP contribution in [0.5, 0.6) is 0 Å². The molecule has 1 N–H and O–H groups in total. The van der Waals surface area contributed by atoms with E-state index in [1.165, 1.54) is 11.1 Å². The van der Waals surface area contributed by atoms with Crippen LogP contribution in [0.2, 0.25) is 0 Å². The fourth-order valence-electron chi connectivity index (χ4n) is 5.62. The molecule has 0 saturated heterocycles. The predicted octanol–water partition coefficient (Wildman–Crippen LogP) is 4.63. The lowest BCUT2D eigenvalue weighted by atomic mass is 9.90. The van der Waals surface area contributed by atoms with Crippen molar-refractivity contribution in [3.63, 3.8) is 0 Å². The summed E-state index contributed by atoms with van der Waals surface area (Å²) in [4.78, 5) is 15.2. The lowest BCUT2D eigenvalue weighted by Crippen LogP contribution is -2.36. The summed E-state index contributed by atoms with van der Waals surface area (Å²) in [6.45, 7) is 2.27. The molecule has 2 aliphatic rings. The number of benzene rings is 2. The lowest BCUT2D eigenvalue weighted by molar-refractivity contribution is 0.153. The van der Waals surface area contributed by atoms with E-state index in [2.05, 4.69) is 27.0 Å². The zero-order valence-electron chi connectivity index (χ0n) is 20.8. The first kappa shape index (κ1) is 24.0. The van der Waals surface area contributed by atoms with Gasteiger partial charge < -0.3 is 4.98 Å². The molecule has 0 saturated carbocycles. The van der Waals surface area contributed by atoms with Gasteiger partial charge in [-0.15, -0.1) is 0 Å². The van der Waals surface area contributed by atoms with Crippen LogP contribution in [0.1, 0.15) is 52.7 Å². The van der Waals surface area contributed by atoms with Crippen LogP contribution < -0.4 is 0 Å². The molecule has 3 heterocycles. The zero-order chi connectivity index (χ0) is 25.2. The Morgan fingerprint density at radius 3 is 2.51 bits per heavy atom. The minimum Gasteiger partial charge on any atom is -0.348 e. The van der Waals surface area contributed by atoms with Gasteiger partial charge in [-0.3, -0.25) is 9.88 Å². The van der Waals surface area contributed by atoms with Gasteiger partial charge in [0.05, 0.1) is 23.2 Å². The highest BCUT2D eigenvalue weighted by Gasteiger charge is 2.30. The topological polar surface area (TPSA) is 82.2 Å². The molecule has 37 heavy (non-hydrogen) atoms. The third-order valence-corrected chi connectivity index (χ3v) is 9.42. The standard InChI is InChI=1S/C29H31N5O2S/c35-37(36,34-18-14-23-5-1-2-6-25(23)20-34)26-12-10-22(11-13-26)19-33(21-28-30-16-17-31-28)27-9-3-7-24-8-4-15-32-29(24)27/h1-2,4-6,8,10-13,15-17,27H,3,7,9,14,18-21H2,(H,30,31). The molecule has 0 fully saturated rings. The summed E-state index contributed by atoms with van der Waals surface area (Å²) in [5.41, 5.74) is 5.85. The monoisotopic (exact) mass is 513 g/mol. The highest BCUT2D eigenvalue weighted by Crippen LogP contribution is 2.34. The Morgan fingerprint density at radius 2 is 1.70 bits per heavy atom. The van der Waals surface area contributed by atoms with Crippen molar-refractivity contribution in [2.24, 2.45) is 0 Å². The van der Waals surface area contributed by atoms with Gasteiger partial charge in [-0.25, -0.2) is 13.4 Å². The van der Waals surface area contributed by atoms with Crippen molar-refractivity contribution < 1.29 is 8.42 Å². The predicted molar refractivity (Wildman–Crippen MR) is 142 cm³/mol. The van der Waals surface area contributed by atoms with Crippen molar-refractivity contribution in [1.82, 2.24) is 24.2 Å². The molecule has 190 valence electrons. The summed E-state index contributed by atoms with van der Waals surface area (Å²) >= 11 is 0. The maximum absolute atomic E-state index is 13.4. The summed E-state index contributed by atoms with van der Waals surface area (Å²) in [6, 6.07) is 19.9. The van der Waals surface area contributed by atoms with Crippen molar-refractivity contribution in [1.29, 1.82) is 0 Å². The molecule has 1 aliphatic carbocycles. The number of imidazole rings is 1. The maximum Gasteiger partial charge on any atom is 0.243 e. The van der Waals surface area contributed by atoms with E-state index in [1.54, 1.807) is 22.6 Å². The second-order valence-electron chi connectivity index (χ2n) is 9.90. The molecule has 1 unspecified atom stereocenters. The third kappa shape index (κ3) is 4.97. The van der Waals surface area contributed by atoms with Gasteiger partial charge in [-0.05, 0) is 66.1 Å². The molecule has 0 bridgehead atoms. The van der Waals surface area contributed by atoms with Crippen LogP contribution in [-0.4, -0.2) is 39.1 Å². The van der Waals surface area contributed by atoms with Crippen LogP contribution in [0, 0.1) is 0 Å². The molecule has 0 amide bonds. The van der Waals surface area contributed by atoms with Gasteiger partial charge in [-0.1, -0.05) is 42.5 Å². The van der Waals surface area contributed by atoms with Gasteiger partial charge in [0.25, 0.3) is 0 Å². The second kappa shape index (κ2) is 10.2. The Hall–Kier alpha value is -3.33. The molecule has 2 aromatic heterocycles. The first-order chi connectivity index (χ1) is 18.1. The molecule has 8 heteroatoms. The van der Waals surface area contributed by atoms with Crippen LogP contribution in [0.4, 0.5) is 0 Å². The number of sulfonamides is 1. The SMILES string of the molecule is O=S(=O)(c1ccc(CN(Cc2ncc[nH]2)C2CCCc3cccnc32)cc1)N1CCc2ccccc2C1. The summed E-state index contributed by atoms with van der Waals surface area (Å²) in [5.74, 6) is 0.910. The molecule has 0 radical (unpaired) electrons. The second-order valence-corrected chi connectivity index (χ2v) is 11.8. The molecule has 4 aromatic rings. The minimum atomic E-state index is -3.56. The largest absolute Gasteiger partial charge is 0.348 e. The molecule has 6 rings (SSSR count). The van der Waals surface area contributed by atoms with Gasteiger partial charge in [0, 0.05) is 38.2 Å². The Bertz CT molecular complexity index is 1470. The first-order valence-corrected chi connectivity index (χ1v) is 14.3. The number of rotatable bonds is 7. The van der Waals surface area contributed by atoms with Crippen molar-refractivity contribution >= 4 is 10.0 Å². The van der Waals surface area contributed by atoms with Crippen molar-refractivity contribution in [3.8, 4) is 0 Å². The Labute approximate surface area is 218 Å². The van der Waals surface area contributed by atoms with Gasteiger partial charge in [0.1, 0.15) is 5.82 Å². The van der Waals surface area contributed by atoms with Crippen LogP contribution in [0.3, 0.4) is 0 Å². The van der Waals surface area contributed by atoms with Crippen LogP contribution in [0.25, 0.3) is 0 Å². The molecule has 1 aliphatic heterocycles. The van der Waals surface area contributed by atoms with Crippen molar-refractivity contribution in [2.75, 3.05) is 6.54 Å². The number of H-pyrrole nitrogens is 1. The maximum atomic E-state index is 13.4. The molecular formula is C29H31N5O2S. The highest BCUT2D eigenvalue weighted by molar-refractivity contribution is 7.89. The van der Waals surface area contributed by atoms with E-state index in [9.17, 15) is 8.42 Å². The number of nitrogens with one attached hydrogen (secondary N) is 1. The fraction of sp³-hybridized carbons (Fsp3) is 0.310. The van der Waals surface area contributed by atoms with E-state index >= 15 is 0 Å². The normalized spacial score (nSPS) is 17.9. The molecular weight excluding hydrogens is 482 g/mol. The average Bonchev–Trinajstić information content (AvgIpc) is 3.45. The number of hydrogen-bond donors (Lipinski definition) is 1. The quantitative estimate of drug-likeness (QED) is 0.390. The third-order valence-electron chi connectivity index (χ3n) is 7.56. The van der Waals surface area contributed by atoms with Gasteiger partial charge in [-0.2, -0.15) is 4.31 Å². The van der Waals surface area contributed by atoms with Crippen LogP contribution in [-0.2, 0) is 42.5 Å². The van der Waals surface area contributed by atoms with Gasteiger partial charge >= 0.3 is 0 Å². The van der Waals surface area contributed by atoms with E-state index in [4.69, 9.17) is 4.98 Å². The van der Waals surface area contributed by atoms with Crippen LogP contribution in [0.15, 0.2) is 84.1 Å². The summed E-state index contributed by atoms with van der Waals surface area (Å²) < 4.78 is 28.4. The molecule has 2 aromatic carbocycles. The summed E-state index contributed by atoms with van der Waals surface area (Å²) in [7, 11) is -3.56. The van der Waals surface area contributed by atoms with Crippen molar-refractivity contribution in [2.45, 2.75) is 56.3 Å². The molecule has 7 nitrogen and oxygen atoms in total. The minimum absolute atomic E-state index is 0.187. The Morgan fingerprint density at radius 1 is 0.892 bits per heavy atom. The summed E-state index contributed by atoms with van der Waals surface area (Å²) in [5, 5.41) is 0. The van der Waals surface area contributed by atoms with E-state index in [1.807, 2.05) is 48.8 Å². The number of aryl methyl sites for hydroxylation is 1. The van der Waals surface area contributed by atoms with E-state index in [-0.39, 0.29) is 6.04 Å². The molecule has 0 spiro atoms.